The van der Waals surface area contributed by atoms with Gasteiger partial charge in [0.1, 0.15) is 6.04 Å². The molecule has 2 fully saturated rings. The summed E-state index contributed by atoms with van der Waals surface area (Å²) in [6, 6.07) is -0.970. The Labute approximate surface area is 132 Å². The average Bonchev–Trinajstić information content (AvgIpc) is 2.99. The van der Waals surface area contributed by atoms with E-state index in [2.05, 4.69) is 12.2 Å². The monoisotopic (exact) mass is 276 g/mol. The molecule has 20 heavy (non-hydrogen) atoms. The van der Waals surface area contributed by atoms with Crippen molar-refractivity contribution in [1.82, 2.24) is 10.2 Å². The second kappa shape index (κ2) is 7.38. The first-order chi connectivity index (χ1) is 9.00. The van der Waals surface area contributed by atoms with Gasteiger partial charge in [0.25, 0.3) is 0 Å². The first-order valence-electron chi connectivity index (χ1n) is 7.28. The molecule has 1 saturated carbocycles. The molecular formula is C14H25LiN2O3. The molecule has 6 heteroatoms. The summed E-state index contributed by atoms with van der Waals surface area (Å²) in [5.41, 5.74) is 0.0708. The number of carboxylic acids is 1. The molecule has 0 aromatic carbocycles. The number of amides is 2. The molecule has 2 amide bonds. The van der Waals surface area contributed by atoms with Gasteiger partial charge in [-0.05, 0) is 37.5 Å². The van der Waals surface area contributed by atoms with Crippen LogP contribution in [-0.4, -0.2) is 60.0 Å². The van der Waals surface area contributed by atoms with E-state index in [9.17, 15) is 14.7 Å². The van der Waals surface area contributed by atoms with Crippen molar-refractivity contribution in [2.45, 2.75) is 57.9 Å². The predicted molar refractivity (Wildman–Crippen MR) is 79.1 cm³/mol. The quantitative estimate of drug-likeness (QED) is 0.766. The summed E-state index contributed by atoms with van der Waals surface area (Å²) >= 11 is 0. The van der Waals surface area contributed by atoms with Crippen LogP contribution in [0.15, 0.2) is 0 Å². The normalized spacial score (nSPS) is 22.1. The molecule has 1 unspecified atom stereocenters. The number of carbonyl (C=O) groups excluding carboxylic acids is 1. The Bertz CT molecular complexity index is 350. The van der Waals surface area contributed by atoms with E-state index in [-0.39, 0.29) is 30.3 Å². The van der Waals surface area contributed by atoms with Crippen LogP contribution in [0.2, 0.25) is 0 Å². The summed E-state index contributed by atoms with van der Waals surface area (Å²) in [5, 5.41) is 12.0. The van der Waals surface area contributed by atoms with E-state index in [1.54, 1.807) is 4.90 Å². The number of nitrogens with one attached hydrogen (secondary N) is 1. The van der Waals surface area contributed by atoms with Crippen LogP contribution in [0, 0.1) is 5.41 Å². The third-order valence-electron chi connectivity index (χ3n) is 4.50. The summed E-state index contributed by atoms with van der Waals surface area (Å²) in [5.74, 6) is -0.916. The molecule has 0 bridgehead atoms. The van der Waals surface area contributed by atoms with Crippen molar-refractivity contribution in [2.75, 3.05) is 13.1 Å². The van der Waals surface area contributed by atoms with Crippen molar-refractivity contribution in [3.8, 4) is 0 Å². The molecule has 2 rings (SSSR count). The molecule has 0 radical (unpaired) electrons. The van der Waals surface area contributed by atoms with Gasteiger partial charge in [0.15, 0.2) is 0 Å². The van der Waals surface area contributed by atoms with E-state index in [0.717, 1.165) is 38.8 Å². The van der Waals surface area contributed by atoms with E-state index >= 15 is 0 Å². The Hall–Kier alpha value is -0.663. The molecule has 5 nitrogen and oxygen atoms in total. The number of rotatable bonds is 4. The molecule has 0 aromatic heterocycles. The summed E-state index contributed by atoms with van der Waals surface area (Å²) < 4.78 is 0. The fraction of sp³-hybridized carbons (Fsp3) is 0.857. The van der Waals surface area contributed by atoms with Crippen LogP contribution in [0.1, 0.15) is 51.9 Å². The van der Waals surface area contributed by atoms with Crippen molar-refractivity contribution in [1.29, 1.82) is 0 Å². The maximum atomic E-state index is 12.0. The van der Waals surface area contributed by atoms with Crippen LogP contribution in [0.25, 0.3) is 0 Å². The van der Waals surface area contributed by atoms with Gasteiger partial charge in [-0.1, -0.05) is 19.8 Å². The minimum absolute atomic E-state index is 0. The Balaban J connectivity index is 0.00000200. The third kappa shape index (κ3) is 4.43. The van der Waals surface area contributed by atoms with Gasteiger partial charge in [0.2, 0.25) is 0 Å². The van der Waals surface area contributed by atoms with E-state index in [1.807, 2.05) is 0 Å². The zero-order chi connectivity index (χ0) is 13.9. The Morgan fingerprint density at radius 2 is 1.75 bits per heavy atom. The molecule has 0 aromatic rings. The summed E-state index contributed by atoms with van der Waals surface area (Å²) in [7, 11) is 0. The van der Waals surface area contributed by atoms with E-state index < -0.39 is 12.0 Å². The molecule has 1 heterocycles. The van der Waals surface area contributed by atoms with Gasteiger partial charge in [0.05, 0.1) is 0 Å². The summed E-state index contributed by atoms with van der Waals surface area (Å²) in [6.45, 7) is 3.63. The van der Waals surface area contributed by atoms with Crippen LogP contribution < -0.4 is 5.32 Å². The molecule has 1 atom stereocenters. The molecule has 1 saturated heterocycles. The van der Waals surface area contributed by atoms with Gasteiger partial charge in [0, 0.05) is 13.1 Å². The number of nitrogens with zero attached hydrogens (tertiary/aromatic N) is 1. The molecule has 1 aliphatic heterocycles. The molecule has 1 aliphatic carbocycles. The Kier molecular flexibility index (Phi) is 6.41. The van der Waals surface area contributed by atoms with Gasteiger partial charge >= 0.3 is 30.9 Å². The van der Waals surface area contributed by atoms with Crippen LogP contribution in [0.5, 0.6) is 0 Å². The number of urea groups is 1. The number of carbonyl (C=O) groups is 2. The molecule has 2 N–H and O–H groups in total. The van der Waals surface area contributed by atoms with Crippen LogP contribution >= 0.6 is 0 Å². The number of hydrogen-bond donors (Lipinski definition) is 2. The molecular weight excluding hydrogens is 251 g/mol. The predicted octanol–water partition coefficient (Wildman–Crippen LogP) is 1.57. The van der Waals surface area contributed by atoms with Crippen molar-refractivity contribution >= 4 is 30.9 Å². The zero-order valence-electron chi connectivity index (χ0n) is 11.7. The van der Waals surface area contributed by atoms with Crippen molar-refractivity contribution < 1.29 is 14.7 Å². The first kappa shape index (κ1) is 17.4. The fourth-order valence-electron chi connectivity index (χ4n) is 3.29. The van der Waals surface area contributed by atoms with Crippen molar-refractivity contribution in [2.24, 2.45) is 5.41 Å². The van der Waals surface area contributed by atoms with Crippen molar-refractivity contribution in [3.63, 3.8) is 0 Å². The fourth-order valence-corrected chi connectivity index (χ4v) is 3.29. The van der Waals surface area contributed by atoms with Crippen LogP contribution in [0.4, 0.5) is 4.79 Å². The maximum absolute atomic E-state index is 12.0. The van der Waals surface area contributed by atoms with Crippen molar-refractivity contribution in [3.05, 3.63) is 0 Å². The van der Waals surface area contributed by atoms with Crippen LogP contribution in [-0.2, 0) is 4.79 Å². The molecule has 0 spiro atoms. The van der Waals surface area contributed by atoms with Gasteiger partial charge in [-0.3, -0.25) is 0 Å². The average molecular weight is 276 g/mol. The number of aliphatic carboxylic acids is 1. The Morgan fingerprint density at radius 1 is 1.20 bits per heavy atom. The number of carboxylic acid groups (broad SMARTS) is 1. The third-order valence-corrected chi connectivity index (χ3v) is 4.50. The summed E-state index contributed by atoms with van der Waals surface area (Å²) in [6.07, 6.45) is 7.05. The van der Waals surface area contributed by atoms with Gasteiger partial charge in [-0.25, -0.2) is 9.59 Å². The topological polar surface area (TPSA) is 69.6 Å². The molecule has 2 aliphatic rings. The zero-order valence-corrected chi connectivity index (χ0v) is 11.7. The van der Waals surface area contributed by atoms with Gasteiger partial charge in [-0.15, -0.1) is 0 Å². The second-order valence-corrected chi connectivity index (χ2v) is 6.26. The van der Waals surface area contributed by atoms with E-state index in [0.29, 0.717) is 6.42 Å². The van der Waals surface area contributed by atoms with E-state index in [1.165, 1.54) is 12.8 Å². The number of hydrogen-bond acceptors (Lipinski definition) is 2. The first-order valence-corrected chi connectivity index (χ1v) is 7.28. The number of likely N-dealkylation sites (tertiary alicyclic amines) is 1. The van der Waals surface area contributed by atoms with Crippen LogP contribution in [0.3, 0.4) is 0 Å². The summed E-state index contributed by atoms with van der Waals surface area (Å²) in [4.78, 5) is 25.1. The standard InChI is InChI=1S/C14H24N2O3.Li.H/c1-14(6-2-3-7-14)10-11(12(17)18)15-13(19)16-8-4-5-9-16;;/h11H,2-10H2,1H3,(H,15,19)(H,17,18);;. The Morgan fingerprint density at radius 3 is 2.25 bits per heavy atom. The van der Waals surface area contributed by atoms with Gasteiger partial charge < -0.3 is 15.3 Å². The van der Waals surface area contributed by atoms with E-state index in [4.69, 9.17) is 0 Å². The SMILES string of the molecule is CC1(CC(NC(=O)N2CCCC2)C(=O)O)CCCC1.[LiH]. The second-order valence-electron chi connectivity index (χ2n) is 6.26. The minimum atomic E-state index is -0.916. The van der Waals surface area contributed by atoms with Gasteiger partial charge in [-0.2, -0.15) is 0 Å². The molecule has 110 valence electrons.